The highest BCUT2D eigenvalue weighted by atomic mass is 35.5. The van der Waals surface area contributed by atoms with Crippen LogP contribution in [-0.4, -0.2) is 45.8 Å². The number of nitrogens with zero attached hydrogens (tertiary/aromatic N) is 1. The number of rotatable bonds is 4. The van der Waals surface area contributed by atoms with Crippen LogP contribution in [0, 0.1) is 23.7 Å². The molecule has 156 valence electrons. The van der Waals surface area contributed by atoms with E-state index in [-0.39, 0.29) is 12.3 Å². The van der Waals surface area contributed by atoms with E-state index in [1.54, 1.807) is 13.8 Å². The Balaban J connectivity index is 3.88. The van der Waals surface area contributed by atoms with Crippen LogP contribution in [0.3, 0.4) is 0 Å². The summed E-state index contributed by atoms with van der Waals surface area (Å²) in [6, 6.07) is 0. The first kappa shape index (κ1) is 24.6. The second-order valence-corrected chi connectivity index (χ2v) is 8.66. The van der Waals surface area contributed by atoms with Gasteiger partial charge in [-0.3, -0.25) is 14.6 Å². The van der Waals surface area contributed by atoms with Crippen LogP contribution in [0.4, 0.5) is 26.3 Å². The van der Waals surface area contributed by atoms with Crippen molar-refractivity contribution < 1.29 is 35.9 Å². The Morgan fingerprint density at radius 3 is 1.93 bits per heavy atom. The van der Waals surface area contributed by atoms with Gasteiger partial charge >= 0.3 is 12.4 Å². The smallest absolute Gasteiger partial charge is 0.287 e. The zero-order chi connectivity index (χ0) is 21.4. The highest BCUT2D eigenvalue weighted by Crippen LogP contribution is 2.55. The first-order chi connectivity index (χ1) is 12.1. The Morgan fingerprint density at radius 2 is 1.59 bits per heavy atom. The van der Waals surface area contributed by atoms with Crippen molar-refractivity contribution in [3.05, 3.63) is 0 Å². The molecule has 0 amide bonds. The standard InChI is InChI=1S/C15H18ClF6NO2S2/c1-6(2)5-7-8(11(24)26-3)10(14(17,18)19)23-13(16,15(20,21)22)9(7)12(25)27-4/h6-9H,5H2,1-4H3. The van der Waals surface area contributed by atoms with Crippen LogP contribution in [0.5, 0.6) is 0 Å². The van der Waals surface area contributed by atoms with Gasteiger partial charge in [-0.25, -0.2) is 0 Å². The lowest BCUT2D eigenvalue weighted by molar-refractivity contribution is -0.184. The number of hydrogen-bond acceptors (Lipinski definition) is 5. The molecule has 4 atom stereocenters. The summed E-state index contributed by atoms with van der Waals surface area (Å²) >= 11 is 6.49. The van der Waals surface area contributed by atoms with Gasteiger partial charge in [-0.15, -0.1) is 0 Å². The Bertz CT molecular complexity index is 622. The van der Waals surface area contributed by atoms with E-state index in [2.05, 4.69) is 4.99 Å². The molecule has 0 bridgehead atoms. The minimum Gasteiger partial charge on any atom is -0.287 e. The second-order valence-electron chi connectivity index (χ2n) is 6.46. The lowest BCUT2D eigenvalue weighted by atomic mass is 9.69. The van der Waals surface area contributed by atoms with Crippen LogP contribution >= 0.6 is 35.1 Å². The van der Waals surface area contributed by atoms with Crippen LogP contribution in [-0.2, 0) is 9.59 Å². The topological polar surface area (TPSA) is 46.5 Å². The molecule has 27 heavy (non-hydrogen) atoms. The van der Waals surface area contributed by atoms with E-state index in [0.29, 0.717) is 23.5 Å². The minimum atomic E-state index is -5.43. The number of carbonyl (C=O) groups is 2. The molecule has 4 unspecified atom stereocenters. The lowest BCUT2D eigenvalue weighted by Gasteiger charge is -2.45. The van der Waals surface area contributed by atoms with Crippen LogP contribution in [0.15, 0.2) is 4.99 Å². The van der Waals surface area contributed by atoms with Gasteiger partial charge in [-0.2, -0.15) is 26.3 Å². The average molecular weight is 458 g/mol. The van der Waals surface area contributed by atoms with Crippen LogP contribution in [0.25, 0.3) is 0 Å². The summed E-state index contributed by atoms with van der Waals surface area (Å²) in [7, 11) is 0. The Morgan fingerprint density at radius 1 is 1.11 bits per heavy atom. The molecule has 0 aromatic carbocycles. The molecule has 0 radical (unpaired) electrons. The number of hydrogen-bond donors (Lipinski definition) is 0. The minimum absolute atomic E-state index is 0.229. The van der Waals surface area contributed by atoms with Gasteiger partial charge in [0.15, 0.2) is 10.2 Å². The lowest BCUT2D eigenvalue weighted by Crippen LogP contribution is -2.59. The zero-order valence-electron chi connectivity index (χ0n) is 14.7. The van der Waals surface area contributed by atoms with E-state index < -0.39 is 51.0 Å². The summed E-state index contributed by atoms with van der Waals surface area (Å²) < 4.78 is 81.7. The molecule has 0 fully saturated rings. The van der Waals surface area contributed by atoms with Crippen molar-refractivity contribution in [2.24, 2.45) is 28.7 Å². The largest absolute Gasteiger partial charge is 0.429 e. The maximum atomic E-state index is 13.7. The maximum Gasteiger partial charge on any atom is 0.429 e. The van der Waals surface area contributed by atoms with Crippen molar-refractivity contribution in [3.63, 3.8) is 0 Å². The molecule has 3 nitrogen and oxygen atoms in total. The molecule has 1 rings (SSSR count). The zero-order valence-corrected chi connectivity index (χ0v) is 17.1. The van der Waals surface area contributed by atoms with Crippen molar-refractivity contribution in [2.75, 3.05) is 12.5 Å². The van der Waals surface area contributed by atoms with Crippen molar-refractivity contribution in [1.82, 2.24) is 0 Å². The summed E-state index contributed by atoms with van der Waals surface area (Å²) in [6.07, 6.45) is -8.53. The van der Waals surface area contributed by atoms with Gasteiger partial charge in [-0.1, -0.05) is 49.0 Å². The number of thioether (sulfide) groups is 2. The summed E-state index contributed by atoms with van der Waals surface area (Å²) in [5.41, 5.74) is -1.88. The SMILES string of the molecule is CSC(=O)C1C(C(F)(F)F)=NC(Cl)(C(F)(F)F)C(C(=O)SC)C1CC(C)C. The van der Waals surface area contributed by atoms with E-state index in [1.165, 1.54) is 12.5 Å². The van der Waals surface area contributed by atoms with Gasteiger partial charge in [0.2, 0.25) is 5.00 Å². The van der Waals surface area contributed by atoms with Gasteiger partial charge in [0.1, 0.15) is 5.71 Å². The molecule has 1 aliphatic heterocycles. The normalized spacial score (nSPS) is 29.6. The summed E-state index contributed by atoms with van der Waals surface area (Å²) in [5, 5.41) is -2.06. The molecule has 0 aromatic heterocycles. The van der Waals surface area contributed by atoms with Crippen LogP contribution in [0.1, 0.15) is 20.3 Å². The molecular weight excluding hydrogens is 440 g/mol. The molecule has 12 heteroatoms. The fourth-order valence-corrected chi connectivity index (χ4v) is 4.72. The quantitative estimate of drug-likeness (QED) is 0.332. The first-order valence-electron chi connectivity index (χ1n) is 7.70. The van der Waals surface area contributed by atoms with E-state index in [9.17, 15) is 35.9 Å². The van der Waals surface area contributed by atoms with Crippen molar-refractivity contribution in [2.45, 2.75) is 37.6 Å². The van der Waals surface area contributed by atoms with Gasteiger partial charge in [0, 0.05) is 0 Å². The number of carbonyl (C=O) groups excluding carboxylic acids is 2. The van der Waals surface area contributed by atoms with Gasteiger partial charge < -0.3 is 0 Å². The van der Waals surface area contributed by atoms with Gasteiger partial charge in [0.25, 0.3) is 0 Å². The summed E-state index contributed by atoms with van der Waals surface area (Å²) in [5.74, 6) is -6.09. The van der Waals surface area contributed by atoms with E-state index >= 15 is 0 Å². The predicted molar refractivity (Wildman–Crippen MR) is 95.1 cm³/mol. The second kappa shape index (κ2) is 8.52. The fourth-order valence-electron chi connectivity index (χ4n) is 3.16. The molecule has 0 saturated carbocycles. The summed E-state index contributed by atoms with van der Waals surface area (Å²) in [6.45, 7) is 3.15. The molecular formula is C15H18ClF6NO2S2. The first-order valence-corrected chi connectivity index (χ1v) is 10.5. The van der Waals surface area contributed by atoms with Crippen LogP contribution < -0.4 is 0 Å². The number of halogens is 7. The Kier molecular flexibility index (Phi) is 7.77. The predicted octanol–water partition coefficient (Wildman–Crippen LogP) is 5.17. The highest BCUT2D eigenvalue weighted by Gasteiger charge is 2.69. The third kappa shape index (κ3) is 4.95. The Labute approximate surface area is 166 Å². The third-order valence-corrected chi connectivity index (χ3v) is 6.03. The average Bonchev–Trinajstić information content (AvgIpc) is 2.50. The monoisotopic (exact) mass is 457 g/mol. The third-order valence-electron chi connectivity index (χ3n) is 4.19. The molecule has 0 N–H and O–H groups in total. The molecule has 1 aliphatic rings. The van der Waals surface area contributed by atoms with E-state index in [0.717, 1.165) is 0 Å². The maximum absolute atomic E-state index is 13.7. The molecule has 0 saturated heterocycles. The fraction of sp³-hybridized carbons (Fsp3) is 0.800. The molecule has 0 aromatic rings. The van der Waals surface area contributed by atoms with Crippen molar-refractivity contribution >= 4 is 51.1 Å². The van der Waals surface area contributed by atoms with E-state index in [4.69, 9.17) is 11.6 Å². The van der Waals surface area contributed by atoms with Crippen molar-refractivity contribution in [1.29, 1.82) is 0 Å². The Hall–Kier alpha value is -0.420. The van der Waals surface area contributed by atoms with E-state index in [1.807, 2.05) is 0 Å². The summed E-state index contributed by atoms with van der Waals surface area (Å²) in [4.78, 5) is 23.6. The van der Waals surface area contributed by atoms with Crippen molar-refractivity contribution in [3.8, 4) is 0 Å². The van der Waals surface area contributed by atoms with Gasteiger partial charge in [0.05, 0.1) is 11.8 Å². The number of aliphatic imine (C=N–C) groups is 1. The number of alkyl halides is 7. The highest BCUT2D eigenvalue weighted by molar-refractivity contribution is 8.13. The molecule has 0 spiro atoms. The van der Waals surface area contributed by atoms with Gasteiger partial charge in [-0.05, 0) is 30.8 Å². The van der Waals surface area contributed by atoms with Crippen LogP contribution in [0.2, 0.25) is 0 Å². The molecule has 0 aliphatic carbocycles. The molecule has 1 heterocycles.